The van der Waals surface area contributed by atoms with Gasteiger partial charge in [-0.2, -0.15) is 10.5 Å². The Labute approximate surface area is 72.5 Å². The molecule has 0 radical (unpaired) electrons. The molecule has 0 aromatic carbocycles. The van der Waals surface area contributed by atoms with Crippen molar-refractivity contribution in [1.29, 1.82) is 10.5 Å². The van der Waals surface area contributed by atoms with Crippen molar-refractivity contribution in [1.82, 2.24) is 4.90 Å². The molecule has 0 unspecified atom stereocenters. The van der Waals surface area contributed by atoms with Crippen LogP contribution in [0, 0.1) is 22.7 Å². The van der Waals surface area contributed by atoms with Crippen LogP contribution < -0.4 is 0 Å². The van der Waals surface area contributed by atoms with E-state index in [4.69, 9.17) is 10.5 Å². The minimum Gasteiger partial charge on any atom is -0.299 e. The molecule has 3 heteroatoms. The molecular weight excluding hydrogens is 150 g/mol. The van der Waals surface area contributed by atoms with Gasteiger partial charge in [0.25, 0.3) is 0 Å². The van der Waals surface area contributed by atoms with Gasteiger partial charge in [-0.05, 0) is 18.5 Å². The molecule has 1 fully saturated rings. The highest BCUT2D eigenvalue weighted by atomic mass is 15.1. The fraction of sp³-hybridized carbons (Fsp3) is 0.556. The van der Waals surface area contributed by atoms with Gasteiger partial charge in [0, 0.05) is 13.1 Å². The van der Waals surface area contributed by atoms with Crippen LogP contribution >= 0.6 is 0 Å². The third-order valence-electron chi connectivity index (χ3n) is 2.17. The van der Waals surface area contributed by atoms with Crippen molar-refractivity contribution in [3.63, 3.8) is 0 Å². The summed E-state index contributed by atoms with van der Waals surface area (Å²) in [6.07, 6.45) is 0.879. The van der Waals surface area contributed by atoms with Gasteiger partial charge in [0.15, 0.2) is 0 Å². The number of hydrogen-bond acceptors (Lipinski definition) is 3. The zero-order valence-corrected chi connectivity index (χ0v) is 7.17. The second-order valence-corrected chi connectivity index (χ2v) is 2.82. The first-order valence-corrected chi connectivity index (χ1v) is 4.06. The van der Waals surface area contributed by atoms with Crippen molar-refractivity contribution in [2.24, 2.45) is 0 Å². The Balaban J connectivity index is 2.75. The van der Waals surface area contributed by atoms with Crippen LogP contribution in [0.5, 0.6) is 0 Å². The molecule has 0 atom stereocenters. The third-order valence-corrected chi connectivity index (χ3v) is 2.17. The van der Waals surface area contributed by atoms with E-state index in [1.54, 1.807) is 0 Å². The van der Waals surface area contributed by atoms with Gasteiger partial charge in [-0.25, -0.2) is 0 Å². The maximum Gasteiger partial charge on any atom is 0.130 e. The van der Waals surface area contributed by atoms with Crippen LogP contribution in [0.3, 0.4) is 0 Å². The predicted molar refractivity (Wildman–Crippen MR) is 45.0 cm³/mol. The summed E-state index contributed by atoms with van der Waals surface area (Å²) in [4.78, 5) is 2.23. The van der Waals surface area contributed by atoms with Crippen molar-refractivity contribution in [3.8, 4) is 12.1 Å². The fourth-order valence-electron chi connectivity index (χ4n) is 1.38. The van der Waals surface area contributed by atoms with Gasteiger partial charge in [-0.3, -0.25) is 4.90 Å². The van der Waals surface area contributed by atoms with E-state index >= 15 is 0 Å². The molecule has 1 saturated heterocycles. The lowest BCUT2D eigenvalue weighted by atomic mass is 10.1. The van der Waals surface area contributed by atoms with E-state index in [0.29, 0.717) is 5.57 Å². The number of nitriles is 2. The average Bonchev–Trinajstić information content (AvgIpc) is 2.55. The molecule has 3 nitrogen and oxygen atoms in total. The van der Waals surface area contributed by atoms with Crippen molar-refractivity contribution in [3.05, 3.63) is 11.1 Å². The highest BCUT2D eigenvalue weighted by molar-refractivity contribution is 5.41. The highest BCUT2D eigenvalue weighted by Crippen LogP contribution is 2.17. The molecule has 1 heterocycles. The maximum atomic E-state index is 8.60. The van der Waals surface area contributed by atoms with Gasteiger partial charge in [0.05, 0.1) is 0 Å². The molecular formula is C9H11N3. The Hall–Kier alpha value is -1.32. The summed E-state index contributed by atoms with van der Waals surface area (Å²) in [5.41, 5.74) is 1.31. The second kappa shape index (κ2) is 3.90. The zero-order chi connectivity index (χ0) is 8.97. The lowest BCUT2D eigenvalue weighted by Crippen LogP contribution is -2.18. The molecule has 0 saturated carbocycles. The Morgan fingerprint density at radius 3 is 2.58 bits per heavy atom. The summed E-state index contributed by atoms with van der Waals surface area (Å²) < 4.78 is 0. The minimum absolute atomic E-state index is 0.311. The molecule has 0 bridgehead atoms. The number of allylic oxidation sites excluding steroid dienone is 1. The SMILES string of the molecule is CCN1CCC(=C(C#N)C#N)C1. The van der Waals surface area contributed by atoms with E-state index in [9.17, 15) is 0 Å². The largest absolute Gasteiger partial charge is 0.299 e. The lowest BCUT2D eigenvalue weighted by molar-refractivity contribution is 0.365. The molecule has 0 aliphatic carbocycles. The molecule has 0 aromatic rings. The van der Waals surface area contributed by atoms with Crippen molar-refractivity contribution >= 4 is 0 Å². The van der Waals surface area contributed by atoms with Crippen molar-refractivity contribution in [2.45, 2.75) is 13.3 Å². The smallest absolute Gasteiger partial charge is 0.130 e. The Bertz CT molecular complexity index is 261. The summed E-state index contributed by atoms with van der Waals surface area (Å²) in [7, 11) is 0. The normalized spacial score (nSPS) is 17.1. The van der Waals surface area contributed by atoms with Crippen LogP contribution in [-0.4, -0.2) is 24.5 Å². The van der Waals surface area contributed by atoms with Gasteiger partial charge >= 0.3 is 0 Å². The van der Waals surface area contributed by atoms with Gasteiger partial charge in [-0.15, -0.1) is 0 Å². The molecule has 1 rings (SSSR count). The van der Waals surface area contributed by atoms with Crippen LogP contribution in [0.15, 0.2) is 11.1 Å². The molecule has 0 aromatic heterocycles. The van der Waals surface area contributed by atoms with Crippen LogP contribution in [0.2, 0.25) is 0 Å². The quantitative estimate of drug-likeness (QED) is 0.540. The van der Waals surface area contributed by atoms with Gasteiger partial charge in [0.2, 0.25) is 0 Å². The molecule has 0 spiro atoms. The van der Waals surface area contributed by atoms with Crippen LogP contribution in [0.4, 0.5) is 0 Å². The summed E-state index contributed by atoms with van der Waals surface area (Å²) in [5.74, 6) is 0. The number of nitrogens with zero attached hydrogens (tertiary/aromatic N) is 3. The summed E-state index contributed by atoms with van der Waals surface area (Å²) >= 11 is 0. The predicted octanol–water partition coefficient (Wildman–Crippen LogP) is 1.06. The summed E-state index contributed by atoms with van der Waals surface area (Å²) in [6.45, 7) is 4.86. The van der Waals surface area contributed by atoms with Gasteiger partial charge in [-0.1, -0.05) is 6.92 Å². The molecule has 1 aliphatic heterocycles. The minimum atomic E-state index is 0.311. The van der Waals surface area contributed by atoms with E-state index in [2.05, 4.69) is 11.8 Å². The lowest BCUT2D eigenvalue weighted by Gasteiger charge is -2.08. The van der Waals surface area contributed by atoms with E-state index in [1.165, 1.54) is 0 Å². The standard InChI is InChI=1S/C9H11N3/c1-2-12-4-3-8(7-12)9(5-10)6-11/h2-4,7H2,1H3. The number of rotatable bonds is 1. The van der Waals surface area contributed by atoms with Gasteiger partial charge < -0.3 is 0 Å². The number of likely N-dealkylation sites (tertiary alicyclic amines) is 1. The van der Waals surface area contributed by atoms with Gasteiger partial charge in [0.1, 0.15) is 17.7 Å². The Morgan fingerprint density at radius 2 is 2.17 bits per heavy atom. The Morgan fingerprint density at radius 1 is 1.50 bits per heavy atom. The summed E-state index contributed by atoms with van der Waals surface area (Å²) in [5, 5.41) is 17.2. The van der Waals surface area contributed by atoms with Crippen molar-refractivity contribution < 1.29 is 0 Å². The topological polar surface area (TPSA) is 50.8 Å². The Kier molecular flexibility index (Phi) is 2.85. The molecule has 0 amide bonds. The van der Waals surface area contributed by atoms with Crippen LogP contribution in [0.25, 0.3) is 0 Å². The molecule has 1 aliphatic rings. The van der Waals surface area contributed by atoms with E-state index in [1.807, 2.05) is 12.1 Å². The zero-order valence-electron chi connectivity index (χ0n) is 7.17. The molecule has 0 N–H and O–H groups in total. The highest BCUT2D eigenvalue weighted by Gasteiger charge is 2.17. The molecule has 12 heavy (non-hydrogen) atoms. The average molecular weight is 161 g/mol. The first kappa shape index (κ1) is 8.77. The van der Waals surface area contributed by atoms with Crippen LogP contribution in [0.1, 0.15) is 13.3 Å². The first-order chi connectivity index (χ1) is 5.81. The van der Waals surface area contributed by atoms with Crippen LogP contribution in [-0.2, 0) is 0 Å². The third kappa shape index (κ3) is 1.64. The summed E-state index contributed by atoms with van der Waals surface area (Å²) in [6, 6.07) is 3.86. The van der Waals surface area contributed by atoms with Crippen molar-refractivity contribution in [2.75, 3.05) is 19.6 Å². The monoisotopic (exact) mass is 161 g/mol. The first-order valence-electron chi connectivity index (χ1n) is 4.06. The fourth-order valence-corrected chi connectivity index (χ4v) is 1.38. The molecule has 62 valence electrons. The number of hydrogen-bond donors (Lipinski definition) is 0. The van der Waals surface area contributed by atoms with E-state index < -0.39 is 0 Å². The second-order valence-electron chi connectivity index (χ2n) is 2.82. The maximum absolute atomic E-state index is 8.60. The van der Waals surface area contributed by atoms with E-state index in [0.717, 1.165) is 31.6 Å². The number of likely N-dealkylation sites (N-methyl/N-ethyl adjacent to an activating group) is 1. The van der Waals surface area contributed by atoms with E-state index in [-0.39, 0.29) is 0 Å².